The Morgan fingerprint density at radius 2 is 2.03 bits per heavy atom. The van der Waals surface area contributed by atoms with Gasteiger partial charge in [-0.1, -0.05) is 0 Å². The fourth-order valence-corrected chi connectivity index (χ4v) is 4.49. The first kappa shape index (κ1) is 24.3. The highest BCUT2D eigenvalue weighted by Crippen LogP contribution is 2.12. The van der Waals surface area contributed by atoms with Crippen molar-refractivity contribution in [2.24, 2.45) is 4.99 Å². The van der Waals surface area contributed by atoms with Crippen LogP contribution in [0.3, 0.4) is 0 Å². The van der Waals surface area contributed by atoms with Crippen LogP contribution in [-0.2, 0) is 19.5 Å². The molecule has 0 aromatic rings. The van der Waals surface area contributed by atoms with Crippen LogP contribution in [0.4, 0.5) is 0 Å². The number of hydrogen-bond acceptors (Lipinski definition) is 6. The SMILES string of the molecule is CCNC(=NCCS(=O)(=O)NCC1CCCCO1)NC1CCN(CCOC)CC1. The Kier molecular flexibility index (Phi) is 11.2. The Morgan fingerprint density at radius 1 is 1.24 bits per heavy atom. The predicted molar refractivity (Wildman–Crippen MR) is 116 cm³/mol. The van der Waals surface area contributed by atoms with Gasteiger partial charge in [0, 0.05) is 52.5 Å². The Hall–Kier alpha value is -0.940. The van der Waals surface area contributed by atoms with E-state index in [1.807, 2.05) is 6.92 Å². The van der Waals surface area contributed by atoms with Crippen LogP contribution in [-0.4, -0.2) is 96.8 Å². The number of methoxy groups -OCH3 is 1. The molecule has 0 saturated carbocycles. The Labute approximate surface area is 176 Å². The smallest absolute Gasteiger partial charge is 0.213 e. The van der Waals surface area contributed by atoms with Crippen LogP contribution in [0, 0.1) is 0 Å². The number of sulfonamides is 1. The van der Waals surface area contributed by atoms with Gasteiger partial charge in [0.05, 0.1) is 25.0 Å². The second-order valence-electron chi connectivity index (χ2n) is 7.67. The number of likely N-dealkylation sites (tertiary alicyclic amines) is 1. The van der Waals surface area contributed by atoms with Crippen molar-refractivity contribution in [2.45, 2.75) is 51.2 Å². The minimum atomic E-state index is -3.35. The summed E-state index contributed by atoms with van der Waals surface area (Å²) in [6.07, 6.45) is 5.14. The molecule has 2 fully saturated rings. The Balaban J connectivity index is 1.72. The van der Waals surface area contributed by atoms with Crippen molar-refractivity contribution in [2.75, 3.05) is 65.3 Å². The van der Waals surface area contributed by atoms with E-state index >= 15 is 0 Å². The summed E-state index contributed by atoms with van der Waals surface area (Å²) in [6.45, 7) is 7.83. The average Bonchev–Trinajstić information content (AvgIpc) is 2.73. The van der Waals surface area contributed by atoms with Crippen LogP contribution in [0.25, 0.3) is 0 Å². The monoisotopic (exact) mass is 433 g/mol. The van der Waals surface area contributed by atoms with Gasteiger partial charge in [0.2, 0.25) is 10.0 Å². The molecule has 2 heterocycles. The van der Waals surface area contributed by atoms with Crippen molar-refractivity contribution in [3.05, 3.63) is 0 Å². The van der Waals surface area contributed by atoms with Crippen LogP contribution < -0.4 is 15.4 Å². The molecule has 3 N–H and O–H groups in total. The minimum absolute atomic E-state index is 0.00392. The van der Waals surface area contributed by atoms with Crippen LogP contribution in [0.1, 0.15) is 39.0 Å². The fourth-order valence-electron chi connectivity index (χ4n) is 3.57. The summed E-state index contributed by atoms with van der Waals surface area (Å²) in [5, 5.41) is 6.66. The third kappa shape index (κ3) is 10.1. The lowest BCUT2D eigenvalue weighted by atomic mass is 10.1. The molecule has 9 nitrogen and oxygen atoms in total. The van der Waals surface area contributed by atoms with Crippen LogP contribution in [0.15, 0.2) is 4.99 Å². The van der Waals surface area contributed by atoms with E-state index in [0.717, 1.165) is 71.5 Å². The number of guanidine groups is 1. The highest BCUT2D eigenvalue weighted by atomic mass is 32.2. The van der Waals surface area contributed by atoms with E-state index in [-0.39, 0.29) is 18.4 Å². The van der Waals surface area contributed by atoms with Gasteiger partial charge >= 0.3 is 0 Å². The van der Waals surface area contributed by atoms with Crippen molar-refractivity contribution >= 4 is 16.0 Å². The van der Waals surface area contributed by atoms with Crippen molar-refractivity contribution < 1.29 is 17.9 Å². The van der Waals surface area contributed by atoms with E-state index in [1.165, 1.54) is 0 Å². The van der Waals surface area contributed by atoms with E-state index in [4.69, 9.17) is 9.47 Å². The summed E-state index contributed by atoms with van der Waals surface area (Å²) in [5.74, 6) is 0.667. The van der Waals surface area contributed by atoms with Crippen molar-refractivity contribution in [1.82, 2.24) is 20.3 Å². The number of aliphatic imine (C=N–C) groups is 1. The van der Waals surface area contributed by atoms with Gasteiger partial charge in [-0.3, -0.25) is 4.99 Å². The van der Waals surface area contributed by atoms with Crippen LogP contribution >= 0.6 is 0 Å². The summed E-state index contributed by atoms with van der Waals surface area (Å²) in [5.41, 5.74) is 0. The molecule has 0 radical (unpaired) electrons. The van der Waals surface area contributed by atoms with Crippen molar-refractivity contribution in [3.8, 4) is 0 Å². The Bertz CT molecular complexity index is 573. The summed E-state index contributed by atoms with van der Waals surface area (Å²) in [7, 11) is -1.62. The average molecular weight is 434 g/mol. The molecule has 2 aliphatic heterocycles. The number of rotatable bonds is 11. The highest BCUT2D eigenvalue weighted by Gasteiger charge is 2.20. The maximum absolute atomic E-state index is 12.2. The maximum Gasteiger partial charge on any atom is 0.213 e. The molecular weight excluding hydrogens is 394 g/mol. The second-order valence-corrected chi connectivity index (χ2v) is 9.60. The lowest BCUT2D eigenvalue weighted by molar-refractivity contribution is 0.0200. The molecule has 1 atom stereocenters. The van der Waals surface area contributed by atoms with E-state index < -0.39 is 10.0 Å². The molecule has 10 heteroatoms. The van der Waals surface area contributed by atoms with Gasteiger partial charge in [0.1, 0.15) is 0 Å². The topological polar surface area (TPSA) is 104 Å². The molecular formula is C19H39N5O4S. The largest absolute Gasteiger partial charge is 0.383 e. The number of ether oxygens (including phenoxy) is 2. The zero-order valence-corrected chi connectivity index (χ0v) is 18.8. The number of hydrogen-bond donors (Lipinski definition) is 3. The van der Waals surface area contributed by atoms with Crippen LogP contribution in [0.2, 0.25) is 0 Å². The van der Waals surface area contributed by atoms with Crippen molar-refractivity contribution in [1.29, 1.82) is 0 Å². The summed E-state index contributed by atoms with van der Waals surface area (Å²) >= 11 is 0. The second kappa shape index (κ2) is 13.4. The number of piperidine rings is 1. The molecule has 2 rings (SSSR count). The molecule has 29 heavy (non-hydrogen) atoms. The third-order valence-corrected chi connectivity index (χ3v) is 6.65. The standard InChI is InChI=1S/C19H39N5O4S/c1-3-20-19(23-17-7-10-24(11-8-17)12-14-27-2)21-9-15-29(25,26)22-16-18-6-4-5-13-28-18/h17-18,22H,3-16H2,1-2H3,(H2,20,21,23). The predicted octanol–water partition coefficient (Wildman–Crippen LogP) is 0.141. The molecule has 0 aromatic heterocycles. The quantitative estimate of drug-likeness (QED) is 0.314. The summed E-state index contributed by atoms with van der Waals surface area (Å²) < 4.78 is 37.8. The van der Waals surface area contributed by atoms with Gasteiger partial charge in [-0.25, -0.2) is 13.1 Å². The molecule has 2 saturated heterocycles. The van der Waals surface area contributed by atoms with Gasteiger partial charge < -0.3 is 25.0 Å². The van der Waals surface area contributed by atoms with Gasteiger partial charge in [-0.2, -0.15) is 0 Å². The molecule has 0 spiro atoms. The zero-order valence-electron chi connectivity index (χ0n) is 18.0. The van der Waals surface area contributed by atoms with Gasteiger partial charge in [0.25, 0.3) is 0 Å². The first-order valence-corrected chi connectivity index (χ1v) is 12.5. The van der Waals surface area contributed by atoms with E-state index in [0.29, 0.717) is 18.5 Å². The highest BCUT2D eigenvalue weighted by molar-refractivity contribution is 7.89. The summed E-state index contributed by atoms with van der Waals surface area (Å²) in [4.78, 5) is 6.87. The lowest BCUT2D eigenvalue weighted by Gasteiger charge is -2.32. The lowest BCUT2D eigenvalue weighted by Crippen LogP contribution is -2.49. The minimum Gasteiger partial charge on any atom is -0.383 e. The molecule has 170 valence electrons. The summed E-state index contributed by atoms with van der Waals surface area (Å²) in [6, 6.07) is 0.352. The molecule has 0 aromatic carbocycles. The van der Waals surface area contributed by atoms with Crippen LogP contribution in [0.5, 0.6) is 0 Å². The number of nitrogens with one attached hydrogen (secondary N) is 3. The maximum atomic E-state index is 12.2. The molecule has 0 amide bonds. The molecule has 0 aliphatic carbocycles. The van der Waals surface area contributed by atoms with Crippen molar-refractivity contribution in [3.63, 3.8) is 0 Å². The first-order valence-electron chi connectivity index (χ1n) is 10.9. The first-order chi connectivity index (χ1) is 14.0. The third-order valence-electron chi connectivity index (χ3n) is 5.32. The zero-order chi connectivity index (χ0) is 21.0. The van der Waals surface area contributed by atoms with Gasteiger partial charge in [-0.15, -0.1) is 0 Å². The van der Waals surface area contributed by atoms with E-state index in [2.05, 4.69) is 25.2 Å². The fraction of sp³-hybridized carbons (Fsp3) is 0.947. The normalized spacial score (nSPS) is 22.6. The molecule has 2 aliphatic rings. The van der Waals surface area contributed by atoms with Gasteiger partial charge in [-0.05, 0) is 39.0 Å². The number of nitrogens with zero attached hydrogens (tertiary/aromatic N) is 2. The van der Waals surface area contributed by atoms with Gasteiger partial charge in [0.15, 0.2) is 5.96 Å². The van der Waals surface area contributed by atoms with E-state index in [1.54, 1.807) is 7.11 Å². The Morgan fingerprint density at radius 3 is 2.69 bits per heavy atom. The molecule has 0 bridgehead atoms. The molecule has 1 unspecified atom stereocenters. The van der Waals surface area contributed by atoms with E-state index in [9.17, 15) is 8.42 Å².